The van der Waals surface area contributed by atoms with Gasteiger partial charge in [-0.25, -0.2) is 4.79 Å². The fraction of sp³-hybridized carbons (Fsp3) is 0.429. The molecule has 1 N–H and O–H groups in total. The molecule has 2 aliphatic heterocycles. The topological polar surface area (TPSA) is 67.3 Å². The van der Waals surface area contributed by atoms with Crippen LogP contribution in [0.15, 0.2) is 23.0 Å². The normalized spacial score (nSPS) is 24.8. The van der Waals surface area contributed by atoms with Gasteiger partial charge in [0.2, 0.25) is 0 Å². The Hall–Kier alpha value is -2.08. The van der Waals surface area contributed by atoms with E-state index in [9.17, 15) is 9.59 Å². The molecule has 104 valence electrons. The van der Waals surface area contributed by atoms with E-state index in [2.05, 4.69) is 4.98 Å². The van der Waals surface area contributed by atoms with Gasteiger partial charge in [0.15, 0.2) is 0 Å². The Morgan fingerprint density at radius 3 is 2.80 bits per heavy atom. The van der Waals surface area contributed by atoms with Gasteiger partial charge in [-0.15, -0.1) is 0 Å². The smallest absolute Gasteiger partial charge is 0.326 e. The van der Waals surface area contributed by atoms with Crippen molar-refractivity contribution in [2.75, 3.05) is 13.2 Å². The van der Waals surface area contributed by atoms with Gasteiger partial charge >= 0.3 is 5.69 Å². The second-order valence-corrected chi connectivity index (χ2v) is 5.51. The van der Waals surface area contributed by atoms with Crippen molar-refractivity contribution >= 4 is 16.9 Å². The molecule has 2 fully saturated rings. The molecule has 1 aromatic heterocycles. The molecule has 2 atom stereocenters. The first kappa shape index (κ1) is 11.7. The number of H-pyrrole nitrogens is 1. The average molecular weight is 273 g/mol. The molecule has 3 heterocycles. The highest BCUT2D eigenvalue weighted by molar-refractivity contribution is 5.98. The molecular weight excluding hydrogens is 258 g/mol. The minimum absolute atomic E-state index is 0.0325. The molecule has 2 saturated heterocycles. The molecule has 0 aliphatic carbocycles. The summed E-state index contributed by atoms with van der Waals surface area (Å²) >= 11 is 0. The molecule has 0 spiro atoms. The van der Waals surface area contributed by atoms with E-state index in [1.165, 1.54) is 4.57 Å². The monoisotopic (exact) mass is 273 g/mol. The number of hydrogen-bond acceptors (Lipinski definition) is 3. The number of ether oxygens (including phenoxy) is 1. The Labute approximate surface area is 114 Å². The molecule has 6 heteroatoms. The lowest BCUT2D eigenvalue weighted by Gasteiger charge is -2.52. The quantitative estimate of drug-likeness (QED) is 0.821. The summed E-state index contributed by atoms with van der Waals surface area (Å²) in [5.74, 6) is 0.0325. The van der Waals surface area contributed by atoms with Crippen molar-refractivity contribution in [3.05, 3.63) is 34.2 Å². The number of aromatic amines is 1. The van der Waals surface area contributed by atoms with Crippen molar-refractivity contribution in [1.29, 1.82) is 0 Å². The summed E-state index contributed by atoms with van der Waals surface area (Å²) < 4.78 is 6.92. The van der Waals surface area contributed by atoms with Gasteiger partial charge in [-0.3, -0.25) is 9.36 Å². The van der Waals surface area contributed by atoms with Crippen LogP contribution >= 0.6 is 0 Å². The number of fused-ring (bicyclic) bond motifs is 3. The van der Waals surface area contributed by atoms with E-state index in [0.717, 1.165) is 17.5 Å². The number of carbonyl (C=O) groups excluding carboxylic acids is 1. The minimum Gasteiger partial charge on any atom is -0.377 e. The number of aromatic nitrogens is 2. The SMILES string of the molecule is Cn1c(=O)[nH]c2ccc(C(=O)N3C4COCC3C4)cc21. The Bertz CT molecular complexity index is 747. The number of nitrogens with zero attached hydrogens (tertiary/aromatic N) is 2. The summed E-state index contributed by atoms with van der Waals surface area (Å²) in [5, 5.41) is 0. The Balaban J connectivity index is 1.73. The minimum atomic E-state index is -0.168. The number of amides is 1. The number of benzene rings is 1. The maximum absolute atomic E-state index is 12.6. The lowest BCUT2D eigenvalue weighted by Crippen LogP contribution is -2.65. The molecule has 2 bridgehead atoms. The molecule has 2 aliphatic rings. The van der Waals surface area contributed by atoms with E-state index in [1.807, 2.05) is 4.90 Å². The Morgan fingerprint density at radius 2 is 2.10 bits per heavy atom. The van der Waals surface area contributed by atoms with E-state index < -0.39 is 0 Å². The lowest BCUT2D eigenvalue weighted by molar-refractivity contribution is -0.104. The van der Waals surface area contributed by atoms with Crippen LogP contribution < -0.4 is 5.69 Å². The molecule has 1 amide bonds. The summed E-state index contributed by atoms with van der Waals surface area (Å²) in [4.78, 5) is 28.8. The number of rotatable bonds is 1. The van der Waals surface area contributed by atoms with Crippen molar-refractivity contribution in [3.63, 3.8) is 0 Å². The van der Waals surface area contributed by atoms with Crippen molar-refractivity contribution < 1.29 is 9.53 Å². The second kappa shape index (κ2) is 3.96. The van der Waals surface area contributed by atoms with E-state index in [4.69, 9.17) is 4.74 Å². The van der Waals surface area contributed by atoms with Crippen LogP contribution in [0.1, 0.15) is 16.8 Å². The third-order valence-electron chi connectivity index (χ3n) is 4.34. The highest BCUT2D eigenvalue weighted by Crippen LogP contribution is 2.32. The molecule has 2 unspecified atom stereocenters. The van der Waals surface area contributed by atoms with Crippen LogP contribution in [0.3, 0.4) is 0 Å². The maximum Gasteiger partial charge on any atom is 0.326 e. The number of nitrogens with one attached hydrogen (secondary N) is 1. The number of imidazole rings is 1. The highest BCUT2D eigenvalue weighted by Gasteiger charge is 2.45. The number of hydrogen-bond donors (Lipinski definition) is 1. The number of morpholine rings is 1. The first-order valence-electron chi connectivity index (χ1n) is 6.74. The third-order valence-corrected chi connectivity index (χ3v) is 4.34. The molecule has 20 heavy (non-hydrogen) atoms. The van der Waals surface area contributed by atoms with E-state index in [-0.39, 0.29) is 23.7 Å². The van der Waals surface area contributed by atoms with Gasteiger partial charge in [-0.2, -0.15) is 0 Å². The first-order valence-corrected chi connectivity index (χ1v) is 6.74. The van der Waals surface area contributed by atoms with Crippen LogP contribution in [-0.2, 0) is 11.8 Å². The third kappa shape index (κ3) is 1.48. The molecule has 2 aromatic rings. The zero-order valence-electron chi connectivity index (χ0n) is 11.1. The molecule has 4 rings (SSSR count). The van der Waals surface area contributed by atoms with Crippen LogP contribution in [-0.4, -0.2) is 45.7 Å². The summed E-state index contributed by atoms with van der Waals surface area (Å²) in [6.45, 7) is 1.26. The lowest BCUT2D eigenvalue weighted by atomic mass is 9.90. The van der Waals surface area contributed by atoms with E-state index in [1.54, 1.807) is 25.2 Å². The van der Waals surface area contributed by atoms with Gasteiger partial charge in [0.05, 0.1) is 36.3 Å². The van der Waals surface area contributed by atoms with Crippen LogP contribution in [0.25, 0.3) is 11.0 Å². The van der Waals surface area contributed by atoms with Gasteiger partial charge in [-0.05, 0) is 24.6 Å². The molecular formula is C14H15N3O3. The van der Waals surface area contributed by atoms with Gasteiger partial charge in [0.25, 0.3) is 5.91 Å². The first-order chi connectivity index (χ1) is 9.65. The molecule has 0 radical (unpaired) electrons. The number of carbonyl (C=O) groups is 1. The zero-order chi connectivity index (χ0) is 13.9. The molecule has 0 saturated carbocycles. The molecule has 6 nitrogen and oxygen atoms in total. The predicted molar refractivity (Wildman–Crippen MR) is 72.7 cm³/mol. The van der Waals surface area contributed by atoms with Gasteiger partial charge in [0, 0.05) is 12.6 Å². The zero-order valence-corrected chi connectivity index (χ0v) is 11.1. The standard InChI is InChI=1S/C14H15N3O3/c1-16-12-4-8(2-3-11(12)15-14(16)19)13(18)17-9-5-10(17)7-20-6-9/h2-4,9-10H,5-7H2,1H3,(H,15,19). The van der Waals surface area contributed by atoms with Gasteiger partial charge < -0.3 is 14.6 Å². The Morgan fingerprint density at radius 1 is 1.35 bits per heavy atom. The van der Waals surface area contributed by atoms with Crippen LogP contribution in [0.5, 0.6) is 0 Å². The summed E-state index contributed by atoms with van der Waals surface area (Å²) in [6, 6.07) is 5.77. The average Bonchev–Trinajstić information content (AvgIpc) is 2.74. The predicted octanol–water partition coefficient (Wildman–Crippen LogP) is 0.480. The summed E-state index contributed by atoms with van der Waals surface area (Å²) in [5.41, 5.74) is 1.96. The fourth-order valence-electron chi connectivity index (χ4n) is 3.18. The van der Waals surface area contributed by atoms with E-state index >= 15 is 0 Å². The van der Waals surface area contributed by atoms with Crippen LogP contribution in [0.4, 0.5) is 0 Å². The second-order valence-electron chi connectivity index (χ2n) is 5.51. The molecule has 1 aromatic carbocycles. The van der Waals surface area contributed by atoms with Crippen molar-refractivity contribution in [3.8, 4) is 0 Å². The van der Waals surface area contributed by atoms with Crippen molar-refractivity contribution in [2.24, 2.45) is 7.05 Å². The largest absolute Gasteiger partial charge is 0.377 e. The van der Waals surface area contributed by atoms with Gasteiger partial charge in [0.1, 0.15) is 0 Å². The maximum atomic E-state index is 12.6. The van der Waals surface area contributed by atoms with E-state index in [0.29, 0.717) is 18.8 Å². The van der Waals surface area contributed by atoms with Crippen LogP contribution in [0, 0.1) is 0 Å². The highest BCUT2D eigenvalue weighted by atomic mass is 16.5. The Kier molecular flexibility index (Phi) is 2.32. The summed E-state index contributed by atoms with van der Waals surface area (Å²) in [7, 11) is 1.70. The van der Waals surface area contributed by atoms with Gasteiger partial charge in [-0.1, -0.05) is 0 Å². The summed E-state index contributed by atoms with van der Waals surface area (Å²) in [6.07, 6.45) is 1.04. The number of aryl methyl sites for hydroxylation is 1. The van der Waals surface area contributed by atoms with Crippen molar-refractivity contribution in [2.45, 2.75) is 18.5 Å². The fourth-order valence-corrected chi connectivity index (χ4v) is 3.18. The van der Waals surface area contributed by atoms with Crippen molar-refractivity contribution in [1.82, 2.24) is 14.5 Å². The van der Waals surface area contributed by atoms with Crippen LogP contribution in [0.2, 0.25) is 0 Å².